The average Bonchev–Trinajstić information content (AvgIpc) is 2.99. The van der Waals surface area contributed by atoms with E-state index in [0.717, 1.165) is 12.5 Å². The molecule has 3 N–H and O–H groups in total. The number of ether oxygens (including phenoxy) is 1. The Morgan fingerprint density at radius 3 is 2.56 bits per heavy atom. The molecular weight excluding hydrogens is 336 g/mol. The largest absolute Gasteiger partial charge is 0.444 e. The lowest BCUT2D eigenvalue weighted by Gasteiger charge is -2.26. The fraction of sp³-hybridized carbons (Fsp3) is 0.667. The Hall–Kier alpha value is -1.76. The normalized spacial score (nSPS) is 13.5. The Morgan fingerprint density at radius 1 is 1.32 bits per heavy atom. The molecule has 0 saturated carbocycles. The number of carbonyl (C=O) groups is 1. The van der Waals surface area contributed by atoms with Gasteiger partial charge in [0.05, 0.1) is 12.6 Å². The van der Waals surface area contributed by atoms with Crippen molar-refractivity contribution in [2.45, 2.75) is 59.7 Å². The van der Waals surface area contributed by atoms with Gasteiger partial charge in [0.15, 0.2) is 5.96 Å². The van der Waals surface area contributed by atoms with Crippen molar-refractivity contribution in [3.8, 4) is 0 Å². The third-order valence-electron chi connectivity index (χ3n) is 3.34. The number of hydrogen-bond donors (Lipinski definition) is 3. The second-order valence-corrected chi connectivity index (χ2v) is 7.98. The zero-order chi connectivity index (χ0) is 18.9. The van der Waals surface area contributed by atoms with Crippen molar-refractivity contribution < 1.29 is 9.53 Å². The molecule has 1 rings (SSSR count). The molecule has 1 aromatic heterocycles. The number of carbonyl (C=O) groups excluding carboxylic acids is 1. The van der Waals surface area contributed by atoms with Gasteiger partial charge in [0.1, 0.15) is 5.60 Å². The molecule has 7 heteroatoms. The van der Waals surface area contributed by atoms with Crippen LogP contribution in [0.15, 0.2) is 21.8 Å². The fourth-order valence-corrected chi connectivity index (χ4v) is 2.67. The summed E-state index contributed by atoms with van der Waals surface area (Å²) in [6.45, 7) is 13.7. The number of alkyl carbamates (subject to hydrolysis) is 1. The van der Waals surface area contributed by atoms with Gasteiger partial charge >= 0.3 is 6.09 Å². The van der Waals surface area contributed by atoms with Gasteiger partial charge in [-0.1, -0.05) is 13.8 Å². The smallest absolute Gasteiger partial charge is 0.407 e. The summed E-state index contributed by atoms with van der Waals surface area (Å²) in [7, 11) is 0. The van der Waals surface area contributed by atoms with Gasteiger partial charge in [-0.25, -0.2) is 9.79 Å². The molecule has 6 nitrogen and oxygen atoms in total. The van der Waals surface area contributed by atoms with E-state index in [4.69, 9.17) is 4.74 Å². The minimum absolute atomic E-state index is 0.0557. The van der Waals surface area contributed by atoms with Crippen LogP contribution in [-0.2, 0) is 11.3 Å². The number of nitrogens with one attached hydrogen (secondary N) is 3. The summed E-state index contributed by atoms with van der Waals surface area (Å²) in [5.74, 6) is 1.00. The molecule has 1 atom stereocenters. The van der Waals surface area contributed by atoms with Gasteiger partial charge in [-0.05, 0) is 56.0 Å². The predicted molar refractivity (Wildman–Crippen MR) is 105 cm³/mol. The van der Waals surface area contributed by atoms with Gasteiger partial charge in [0.25, 0.3) is 0 Å². The van der Waals surface area contributed by atoms with Crippen LogP contribution < -0.4 is 16.0 Å². The minimum Gasteiger partial charge on any atom is -0.444 e. The highest BCUT2D eigenvalue weighted by molar-refractivity contribution is 7.07. The maximum Gasteiger partial charge on any atom is 0.407 e. The summed E-state index contributed by atoms with van der Waals surface area (Å²) in [4.78, 5) is 16.6. The van der Waals surface area contributed by atoms with E-state index in [1.54, 1.807) is 11.3 Å². The van der Waals surface area contributed by atoms with Crippen LogP contribution in [0.4, 0.5) is 4.79 Å². The molecule has 0 aliphatic rings. The van der Waals surface area contributed by atoms with Crippen LogP contribution in [0, 0.1) is 5.92 Å². The molecule has 1 heterocycles. The number of rotatable bonds is 7. The summed E-state index contributed by atoms with van der Waals surface area (Å²) in [5, 5.41) is 13.6. The highest BCUT2D eigenvalue weighted by Gasteiger charge is 2.21. The first kappa shape index (κ1) is 21.3. The highest BCUT2D eigenvalue weighted by Crippen LogP contribution is 2.09. The van der Waals surface area contributed by atoms with Gasteiger partial charge in [-0.2, -0.15) is 11.3 Å². The quantitative estimate of drug-likeness (QED) is 0.510. The Morgan fingerprint density at radius 2 is 2.04 bits per heavy atom. The number of amides is 1. The molecule has 0 fully saturated rings. The van der Waals surface area contributed by atoms with E-state index in [0.29, 0.717) is 13.1 Å². The molecule has 25 heavy (non-hydrogen) atoms. The van der Waals surface area contributed by atoms with Crippen LogP contribution in [0.1, 0.15) is 47.1 Å². The third kappa shape index (κ3) is 9.34. The van der Waals surface area contributed by atoms with Gasteiger partial charge < -0.3 is 20.7 Å². The van der Waals surface area contributed by atoms with E-state index >= 15 is 0 Å². The van der Waals surface area contributed by atoms with E-state index < -0.39 is 11.7 Å². The standard InChI is InChI=1S/C18H32N4O2S/c1-7-19-16(20-10-14-8-9-25-12-14)21-11-15(13(2)3)22-17(23)24-18(4,5)6/h8-9,12-13,15H,7,10-11H2,1-6H3,(H,22,23)(H2,19,20,21). The van der Waals surface area contributed by atoms with Gasteiger partial charge in [-0.3, -0.25) is 0 Å². The first-order valence-electron chi connectivity index (χ1n) is 8.74. The molecule has 1 amide bonds. The van der Waals surface area contributed by atoms with Crippen LogP contribution in [0.25, 0.3) is 0 Å². The molecule has 1 aromatic rings. The van der Waals surface area contributed by atoms with Crippen LogP contribution in [0.3, 0.4) is 0 Å². The first-order valence-corrected chi connectivity index (χ1v) is 9.68. The van der Waals surface area contributed by atoms with E-state index in [2.05, 4.69) is 46.2 Å². The number of nitrogens with zero attached hydrogens (tertiary/aromatic N) is 1. The third-order valence-corrected chi connectivity index (χ3v) is 4.07. The monoisotopic (exact) mass is 368 g/mol. The summed E-state index contributed by atoms with van der Waals surface area (Å²) in [5.41, 5.74) is 0.685. The molecule has 0 aromatic carbocycles. The van der Waals surface area contributed by atoms with E-state index in [-0.39, 0.29) is 12.0 Å². The fourth-order valence-electron chi connectivity index (χ4n) is 2.01. The predicted octanol–water partition coefficient (Wildman–Crippen LogP) is 3.35. The molecule has 0 aliphatic carbocycles. The molecule has 1 unspecified atom stereocenters. The number of hydrogen-bond acceptors (Lipinski definition) is 4. The maximum absolute atomic E-state index is 12.0. The van der Waals surface area contributed by atoms with Crippen LogP contribution in [-0.4, -0.2) is 36.8 Å². The molecular formula is C18H32N4O2S. The van der Waals surface area contributed by atoms with Crippen molar-refractivity contribution in [3.05, 3.63) is 22.4 Å². The first-order chi connectivity index (χ1) is 11.7. The summed E-state index contributed by atoms with van der Waals surface area (Å²) >= 11 is 1.67. The van der Waals surface area contributed by atoms with Crippen LogP contribution in [0.2, 0.25) is 0 Å². The van der Waals surface area contributed by atoms with Crippen LogP contribution in [0.5, 0.6) is 0 Å². The summed E-state index contributed by atoms with van der Waals surface area (Å²) < 4.78 is 5.35. The molecule has 0 saturated heterocycles. The van der Waals surface area contributed by atoms with Crippen molar-refractivity contribution >= 4 is 23.4 Å². The molecule has 0 aliphatic heterocycles. The van der Waals surface area contributed by atoms with E-state index in [1.165, 1.54) is 5.56 Å². The van der Waals surface area contributed by atoms with E-state index in [9.17, 15) is 4.79 Å². The molecule has 0 spiro atoms. The zero-order valence-corrected chi connectivity index (χ0v) is 17.0. The summed E-state index contributed by atoms with van der Waals surface area (Å²) in [6.07, 6.45) is -0.395. The lowest BCUT2D eigenvalue weighted by molar-refractivity contribution is 0.0491. The van der Waals surface area contributed by atoms with Crippen LogP contribution >= 0.6 is 11.3 Å². The van der Waals surface area contributed by atoms with Crippen molar-refractivity contribution in [1.29, 1.82) is 0 Å². The maximum atomic E-state index is 12.0. The Bertz CT molecular complexity index is 536. The van der Waals surface area contributed by atoms with Gasteiger partial charge in [0, 0.05) is 13.1 Å². The Labute approximate surface area is 155 Å². The molecule has 142 valence electrons. The second kappa shape index (κ2) is 10.3. The highest BCUT2D eigenvalue weighted by atomic mass is 32.1. The number of guanidine groups is 1. The molecule has 0 bridgehead atoms. The zero-order valence-electron chi connectivity index (χ0n) is 16.2. The Kier molecular flexibility index (Phi) is 8.75. The Balaban J connectivity index is 2.59. The second-order valence-electron chi connectivity index (χ2n) is 7.20. The topological polar surface area (TPSA) is 74.8 Å². The summed E-state index contributed by atoms with van der Waals surface area (Å²) in [6, 6.07) is 2.01. The number of thiophene rings is 1. The SMILES string of the molecule is CCNC(=NCc1ccsc1)NCC(NC(=O)OC(C)(C)C)C(C)C. The van der Waals surface area contributed by atoms with E-state index in [1.807, 2.05) is 33.1 Å². The number of aliphatic imine (C=N–C) groups is 1. The van der Waals surface area contributed by atoms with Crippen molar-refractivity contribution in [2.75, 3.05) is 13.1 Å². The van der Waals surface area contributed by atoms with Gasteiger partial charge in [-0.15, -0.1) is 0 Å². The van der Waals surface area contributed by atoms with Gasteiger partial charge in [0.2, 0.25) is 0 Å². The van der Waals surface area contributed by atoms with Crippen molar-refractivity contribution in [2.24, 2.45) is 10.9 Å². The van der Waals surface area contributed by atoms with Crippen molar-refractivity contribution in [3.63, 3.8) is 0 Å². The van der Waals surface area contributed by atoms with Crippen molar-refractivity contribution in [1.82, 2.24) is 16.0 Å². The minimum atomic E-state index is -0.504. The lowest BCUT2D eigenvalue weighted by atomic mass is 10.0. The molecule has 0 radical (unpaired) electrons. The average molecular weight is 369 g/mol. The lowest BCUT2D eigenvalue weighted by Crippen LogP contribution is -2.50.